The summed E-state index contributed by atoms with van der Waals surface area (Å²) in [6, 6.07) is 7.40. The highest BCUT2D eigenvalue weighted by Gasteiger charge is 2.15. The van der Waals surface area contributed by atoms with Crippen molar-refractivity contribution < 1.29 is 4.39 Å². The highest BCUT2D eigenvalue weighted by molar-refractivity contribution is 5.85. The Bertz CT molecular complexity index is 342. The van der Waals surface area contributed by atoms with Crippen molar-refractivity contribution in [1.29, 1.82) is 0 Å². The van der Waals surface area contributed by atoms with Crippen LogP contribution in [-0.4, -0.2) is 31.1 Å². The number of piperidine rings is 1. The molecular formula is C13H21Cl2FN2. The van der Waals surface area contributed by atoms with Gasteiger partial charge >= 0.3 is 0 Å². The first-order chi connectivity index (χ1) is 7.74. The molecule has 0 aliphatic carbocycles. The van der Waals surface area contributed by atoms with Crippen LogP contribution in [0.1, 0.15) is 18.4 Å². The SMILES string of the molecule is CN1CCC(NCc2cccc(F)c2)CC1.Cl.Cl. The molecule has 1 aromatic carbocycles. The van der Waals surface area contributed by atoms with Gasteiger partial charge in [-0.15, -0.1) is 24.8 Å². The van der Waals surface area contributed by atoms with Gasteiger partial charge in [0.25, 0.3) is 0 Å². The molecule has 18 heavy (non-hydrogen) atoms. The summed E-state index contributed by atoms with van der Waals surface area (Å²) in [6.07, 6.45) is 2.37. The van der Waals surface area contributed by atoms with Crippen LogP contribution in [0, 0.1) is 5.82 Å². The van der Waals surface area contributed by atoms with Crippen LogP contribution in [0.25, 0.3) is 0 Å². The van der Waals surface area contributed by atoms with Gasteiger partial charge in [-0.3, -0.25) is 0 Å². The van der Waals surface area contributed by atoms with Crippen molar-refractivity contribution in [3.05, 3.63) is 35.6 Å². The Kier molecular flexibility index (Phi) is 8.53. The zero-order valence-corrected chi connectivity index (χ0v) is 12.2. The number of likely N-dealkylation sites (tertiary alicyclic amines) is 1. The van der Waals surface area contributed by atoms with E-state index in [0.29, 0.717) is 6.04 Å². The molecule has 1 heterocycles. The van der Waals surface area contributed by atoms with Crippen molar-refractivity contribution in [1.82, 2.24) is 10.2 Å². The van der Waals surface area contributed by atoms with Crippen LogP contribution in [0.4, 0.5) is 4.39 Å². The van der Waals surface area contributed by atoms with Crippen LogP contribution >= 0.6 is 24.8 Å². The van der Waals surface area contributed by atoms with Gasteiger partial charge in [-0.25, -0.2) is 4.39 Å². The van der Waals surface area contributed by atoms with Gasteiger partial charge in [-0.1, -0.05) is 12.1 Å². The highest BCUT2D eigenvalue weighted by Crippen LogP contribution is 2.10. The van der Waals surface area contributed by atoms with E-state index in [1.807, 2.05) is 6.07 Å². The van der Waals surface area contributed by atoms with Crippen molar-refractivity contribution in [2.45, 2.75) is 25.4 Å². The summed E-state index contributed by atoms with van der Waals surface area (Å²) in [7, 11) is 2.16. The van der Waals surface area contributed by atoms with E-state index in [0.717, 1.165) is 25.2 Å². The number of hydrogen-bond donors (Lipinski definition) is 1. The molecule has 0 saturated carbocycles. The van der Waals surface area contributed by atoms with Crippen molar-refractivity contribution in [2.24, 2.45) is 0 Å². The predicted octanol–water partition coefficient (Wildman–Crippen LogP) is 2.85. The zero-order chi connectivity index (χ0) is 11.4. The summed E-state index contributed by atoms with van der Waals surface area (Å²) in [4.78, 5) is 2.35. The molecule has 1 saturated heterocycles. The largest absolute Gasteiger partial charge is 0.310 e. The molecule has 1 fully saturated rings. The number of rotatable bonds is 3. The monoisotopic (exact) mass is 294 g/mol. The molecule has 1 aliphatic heterocycles. The summed E-state index contributed by atoms with van der Waals surface area (Å²) in [5.41, 5.74) is 1.03. The average molecular weight is 295 g/mol. The van der Waals surface area contributed by atoms with Crippen molar-refractivity contribution in [3.63, 3.8) is 0 Å². The molecule has 1 aliphatic rings. The second kappa shape index (κ2) is 8.70. The van der Waals surface area contributed by atoms with E-state index in [1.54, 1.807) is 12.1 Å². The molecule has 0 aromatic heterocycles. The lowest BCUT2D eigenvalue weighted by molar-refractivity contribution is 0.234. The molecule has 1 N–H and O–H groups in total. The van der Waals surface area contributed by atoms with E-state index < -0.39 is 0 Å². The third-order valence-electron chi connectivity index (χ3n) is 3.20. The molecular weight excluding hydrogens is 274 g/mol. The fourth-order valence-corrected chi connectivity index (χ4v) is 2.12. The van der Waals surface area contributed by atoms with E-state index in [9.17, 15) is 4.39 Å². The summed E-state index contributed by atoms with van der Waals surface area (Å²) in [5, 5.41) is 3.49. The Morgan fingerprint density at radius 2 is 1.94 bits per heavy atom. The minimum atomic E-state index is -0.150. The molecule has 0 unspecified atom stereocenters. The van der Waals surface area contributed by atoms with Crippen LogP contribution < -0.4 is 5.32 Å². The minimum absolute atomic E-state index is 0. The molecule has 0 spiro atoms. The lowest BCUT2D eigenvalue weighted by Gasteiger charge is -2.29. The van der Waals surface area contributed by atoms with Gasteiger partial charge in [-0.2, -0.15) is 0 Å². The third kappa shape index (κ3) is 5.53. The van der Waals surface area contributed by atoms with Crippen molar-refractivity contribution in [2.75, 3.05) is 20.1 Å². The first kappa shape index (κ1) is 17.6. The summed E-state index contributed by atoms with van der Waals surface area (Å²) in [5.74, 6) is -0.150. The van der Waals surface area contributed by atoms with E-state index in [2.05, 4.69) is 17.3 Å². The van der Waals surface area contributed by atoms with E-state index in [-0.39, 0.29) is 30.6 Å². The van der Waals surface area contributed by atoms with Crippen LogP contribution in [-0.2, 0) is 6.54 Å². The van der Waals surface area contributed by atoms with Gasteiger partial charge in [0.05, 0.1) is 0 Å². The first-order valence-electron chi connectivity index (χ1n) is 5.90. The van der Waals surface area contributed by atoms with Gasteiger partial charge in [0.2, 0.25) is 0 Å². The average Bonchev–Trinajstić information content (AvgIpc) is 2.28. The van der Waals surface area contributed by atoms with Crippen molar-refractivity contribution in [3.8, 4) is 0 Å². The zero-order valence-electron chi connectivity index (χ0n) is 10.6. The van der Waals surface area contributed by atoms with Crippen LogP contribution in [0.3, 0.4) is 0 Å². The van der Waals surface area contributed by atoms with E-state index in [1.165, 1.54) is 18.9 Å². The number of benzene rings is 1. The molecule has 1 aromatic rings. The second-order valence-electron chi connectivity index (χ2n) is 4.59. The van der Waals surface area contributed by atoms with E-state index >= 15 is 0 Å². The maximum absolute atomic E-state index is 12.9. The fraction of sp³-hybridized carbons (Fsp3) is 0.538. The fourth-order valence-electron chi connectivity index (χ4n) is 2.12. The Hall–Kier alpha value is -0.350. The highest BCUT2D eigenvalue weighted by atomic mass is 35.5. The summed E-state index contributed by atoms with van der Waals surface area (Å²) < 4.78 is 12.9. The summed E-state index contributed by atoms with van der Waals surface area (Å²) >= 11 is 0. The second-order valence-corrected chi connectivity index (χ2v) is 4.59. The topological polar surface area (TPSA) is 15.3 Å². The van der Waals surface area contributed by atoms with Gasteiger partial charge < -0.3 is 10.2 Å². The Morgan fingerprint density at radius 1 is 1.28 bits per heavy atom. The molecule has 104 valence electrons. The molecule has 2 rings (SSSR count). The third-order valence-corrected chi connectivity index (χ3v) is 3.20. The normalized spacial score (nSPS) is 16.8. The van der Waals surface area contributed by atoms with Gasteiger partial charge in [-0.05, 0) is 50.7 Å². The number of nitrogens with one attached hydrogen (secondary N) is 1. The molecule has 0 radical (unpaired) electrons. The van der Waals surface area contributed by atoms with Gasteiger partial charge in [0.15, 0.2) is 0 Å². The number of hydrogen-bond acceptors (Lipinski definition) is 2. The smallest absolute Gasteiger partial charge is 0.123 e. The molecule has 5 heteroatoms. The van der Waals surface area contributed by atoms with Gasteiger partial charge in [0.1, 0.15) is 5.82 Å². The van der Waals surface area contributed by atoms with Gasteiger partial charge in [0, 0.05) is 12.6 Å². The molecule has 0 amide bonds. The standard InChI is InChI=1S/C13H19FN2.2ClH/c1-16-7-5-13(6-8-16)15-10-11-3-2-4-12(14)9-11;;/h2-4,9,13,15H,5-8,10H2,1H3;2*1H. The maximum atomic E-state index is 12.9. The quantitative estimate of drug-likeness (QED) is 0.922. The lowest BCUT2D eigenvalue weighted by Crippen LogP contribution is -2.40. The first-order valence-corrected chi connectivity index (χ1v) is 5.90. The van der Waals surface area contributed by atoms with Crippen LogP contribution in [0.5, 0.6) is 0 Å². The lowest BCUT2D eigenvalue weighted by atomic mass is 10.1. The minimum Gasteiger partial charge on any atom is -0.310 e. The van der Waals surface area contributed by atoms with Crippen LogP contribution in [0.2, 0.25) is 0 Å². The Balaban J connectivity index is 0.00000144. The molecule has 0 bridgehead atoms. The van der Waals surface area contributed by atoms with Crippen LogP contribution in [0.15, 0.2) is 24.3 Å². The Morgan fingerprint density at radius 3 is 2.56 bits per heavy atom. The van der Waals surface area contributed by atoms with Crippen molar-refractivity contribution >= 4 is 24.8 Å². The Labute approximate surface area is 121 Å². The summed E-state index contributed by atoms with van der Waals surface area (Å²) in [6.45, 7) is 3.08. The molecule has 0 atom stereocenters. The van der Waals surface area contributed by atoms with E-state index in [4.69, 9.17) is 0 Å². The predicted molar refractivity (Wildman–Crippen MR) is 78.3 cm³/mol. The molecule has 2 nitrogen and oxygen atoms in total. The number of nitrogens with zero attached hydrogens (tertiary/aromatic N) is 1. The maximum Gasteiger partial charge on any atom is 0.123 e. The number of halogens is 3.